The summed E-state index contributed by atoms with van der Waals surface area (Å²) >= 11 is 0. The summed E-state index contributed by atoms with van der Waals surface area (Å²) in [6.45, 7) is 1.89. The minimum absolute atomic E-state index is 0.0761. The molecule has 0 saturated carbocycles. The van der Waals surface area contributed by atoms with Crippen molar-refractivity contribution in [1.82, 2.24) is 19.4 Å². The molecule has 1 aliphatic rings. The lowest BCUT2D eigenvalue weighted by atomic mass is 10.1. The number of carbonyl (C=O) groups excluding carboxylic acids is 1. The van der Waals surface area contributed by atoms with E-state index in [0.717, 1.165) is 30.7 Å². The summed E-state index contributed by atoms with van der Waals surface area (Å²) < 4.78 is 51.6. The number of nitrogens with one attached hydrogen (secondary N) is 1. The van der Waals surface area contributed by atoms with Gasteiger partial charge in [-0.1, -0.05) is 0 Å². The zero-order valence-electron chi connectivity index (χ0n) is 20.8. The molecule has 3 heterocycles. The molecule has 1 saturated heterocycles. The Morgan fingerprint density at radius 3 is 2.53 bits per heavy atom. The van der Waals surface area contributed by atoms with Crippen LogP contribution in [0.1, 0.15) is 11.3 Å². The summed E-state index contributed by atoms with van der Waals surface area (Å²) in [4.78, 5) is 23.3. The number of rotatable bonds is 9. The van der Waals surface area contributed by atoms with Gasteiger partial charge >= 0.3 is 6.18 Å². The Bertz CT molecular complexity index is 1450. The zero-order chi connectivity index (χ0) is 26.9. The number of aromatic nitrogens is 3. The lowest BCUT2D eigenvalue weighted by molar-refractivity contribution is -0.137. The fourth-order valence-corrected chi connectivity index (χ4v) is 4.29. The molecule has 0 amide bonds. The van der Waals surface area contributed by atoms with Crippen LogP contribution < -0.4 is 10.1 Å². The molecule has 2 aromatic carbocycles. The second-order valence-corrected chi connectivity index (χ2v) is 9.20. The number of ether oxygens (including phenoxy) is 2. The van der Waals surface area contributed by atoms with E-state index in [9.17, 15) is 18.0 Å². The third-order valence-electron chi connectivity index (χ3n) is 6.38. The lowest BCUT2D eigenvalue weighted by Gasteiger charge is -2.37. The number of halogens is 3. The fourth-order valence-electron chi connectivity index (χ4n) is 4.29. The summed E-state index contributed by atoms with van der Waals surface area (Å²) in [5.41, 5.74) is 1.86. The number of likely N-dealkylation sites (tertiary alicyclic amines) is 1. The number of methoxy groups -OCH3 is 1. The first-order valence-corrected chi connectivity index (χ1v) is 12.0. The molecule has 1 fully saturated rings. The van der Waals surface area contributed by atoms with Crippen molar-refractivity contribution in [3.05, 3.63) is 72.1 Å². The van der Waals surface area contributed by atoms with Crippen molar-refractivity contribution < 1.29 is 27.4 Å². The summed E-state index contributed by atoms with van der Waals surface area (Å²) in [5, 5.41) is 3.06. The van der Waals surface area contributed by atoms with Crippen LogP contribution in [0.4, 0.5) is 24.8 Å². The minimum atomic E-state index is -4.39. The number of anilines is 2. The Hall–Kier alpha value is -3.96. The monoisotopic (exact) mass is 525 g/mol. The number of nitrogens with zero attached hydrogens (tertiary/aromatic N) is 4. The van der Waals surface area contributed by atoms with E-state index in [-0.39, 0.29) is 18.3 Å². The molecule has 0 spiro atoms. The van der Waals surface area contributed by atoms with E-state index in [4.69, 9.17) is 9.47 Å². The van der Waals surface area contributed by atoms with Gasteiger partial charge in [-0.05, 0) is 42.5 Å². The van der Waals surface area contributed by atoms with Crippen LogP contribution >= 0.6 is 0 Å². The number of aryl methyl sites for hydroxylation is 1. The SMILES string of the molecule is COC1CN(CC(=O)Cc2cc(Oc3ccc4c(c3)nc(Nc3ccc(C(F)(F)F)cc3)n4C)ccn2)C1. The highest BCUT2D eigenvalue weighted by Crippen LogP contribution is 2.31. The largest absolute Gasteiger partial charge is 0.457 e. The van der Waals surface area contributed by atoms with E-state index in [0.29, 0.717) is 40.9 Å². The molecule has 4 aromatic rings. The number of fused-ring (bicyclic) bond motifs is 1. The highest BCUT2D eigenvalue weighted by atomic mass is 19.4. The Kier molecular flexibility index (Phi) is 7.04. The first-order chi connectivity index (χ1) is 18.2. The first kappa shape index (κ1) is 25.7. The maximum atomic E-state index is 12.8. The quantitative estimate of drug-likeness (QED) is 0.331. The van der Waals surface area contributed by atoms with Crippen molar-refractivity contribution in [2.24, 2.45) is 7.05 Å². The third-order valence-corrected chi connectivity index (χ3v) is 6.38. The topological polar surface area (TPSA) is 81.5 Å². The van der Waals surface area contributed by atoms with E-state index in [1.165, 1.54) is 12.1 Å². The van der Waals surface area contributed by atoms with E-state index in [2.05, 4.69) is 15.3 Å². The van der Waals surface area contributed by atoms with Crippen LogP contribution in [0, 0.1) is 0 Å². The highest BCUT2D eigenvalue weighted by Gasteiger charge is 2.30. The van der Waals surface area contributed by atoms with Gasteiger partial charge in [0.2, 0.25) is 5.95 Å². The predicted molar refractivity (Wildman–Crippen MR) is 136 cm³/mol. The van der Waals surface area contributed by atoms with Gasteiger partial charge in [-0.15, -0.1) is 0 Å². The van der Waals surface area contributed by atoms with Crippen molar-refractivity contribution in [2.75, 3.05) is 32.1 Å². The molecule has 5 rings (SSSR count). The average molecular weight is 526 g/mol. The molecular weight excluding hydrogens is 499 g/mol. The van der Waals surface area contributed by atoms with Crippen LogP contribution in [0.15, 0.2) is 60.8 Å². The number of carbonyl (C=O) groups is 1. The molecule has 11 heteroatoms. The Morgan fingerprint density at radius 2 is 1.82 bits per heavy atom. The van der Waals surface area contributed by atoms with E-state index in [1.54, 1.807) is 42.1 Å². The maximum absolute atomic E-state index is 12.8. The van der Waals surface area contributed by atoms with Crippen LogP contribution in [0.25, 0.3) is 11.0 Å². The summed E-state index contributed by atoms with van der Waals surface area (Å²) in [6, 6.07) is 13.7. The van der Waals surface area contributed by atoms with Crippen molar-refractivity contribution in [3.63, 3.8) is 0 Å². The number of ketones is 1. The van der Waals surface area contributed by atoms with E-state index in [1.807, 2.05) is 18.0 Å². The van der Waals surface area contributed by atoms with Crippen LogP contribution in [0.5, 0.6) is 11.5 Å². The summed E-state index contributed by atoms with van der Waals surface area (Å²) in [7, 11) is 3.48. The molecule has 1 aliphatic heterocycles. The molecule has 2 aromatic heterocycles. The van der Waals surface area contributed by atoms with Crippen LogP contribution in [-0.4, -0.2) is 58.1 Å². The normalized spacial score (nSPS) is 14.4. The number of Topliss-reactive ketones (excluding diaryl/α,β-unsaturated/α-hetero) is 1. The molecule has 0 unspecified atom stereocenters. The molecule has 0 aliphatic carbocycles. The summed E-state index contributed by atoms with van der Waals surface area (Å²) in [6.07, 6.45) is -2.37. The van der Waals surface area contributed by atoms with Crippen molar-refractivity contribution in [1.29, 1.82) is 0 Å². The maximum Gasteiger partial charge on any atom is 0.416 e. The molecule has 0 radical (unpaired) electrons. The zero-order valence-corrected chi connectivity index (χ0v) is 20.8. The Morgan fingerprint density at radius 1 is 1.08 bits per heavy atom. The lowest BCUT2D eigenvalue weighted by Crippen LogP contribution is -2.53. The van der Waals surface area contributed by atoms with Crippen LogP contribution in [-0.2, 0) is 29.2 Å². The van der Waals surface area contributed by atoms with Gasteiger partial charge in [0.25, 0.3) is 0 Å². The van der Waals surface area contributed by atoms with Crippen molar-refractivity contribution in [2.45, 2.75) is 18.7 Å². The Balaban J connectivity index is 1.25. The van der Waals surface area contributed by atoms with Gasteiger partial charge in [-0.2, -0.15) is 13.2 Å². The Labute approximate surface area is 217 Å². The second kappa shape index (κ2) is 10.4. The molecular formula is C27H26F3N5O3. The number of pyridine rings is 1. The first-order valence-electron chi connectivity index (χ1n) is 12.0. The smallest absolute Gasteiger partial charge is 0.416 e. The van der Waals surface area contributed by atoms with Crippen LogP contribution in [0.3, 0.4) is 0 Å². The third kappa shape index (κ3) is 5.79. The number of imidazole rings is 1. The average Bonchev–Trinajstić information content (AvgIpc) is 3.15. The number of benzene rings is 2. The van der Waals surface area contributed by atoms with Gasteiger partial charge < -0.3 is 19.4 Å². The van der Waals surface area contributed by atoms with Gasteiger partial charge in [-0.3, -0.25) is 14.7 Å². The van der Waals surface area contributed by atoms with Gasteiger partial charge in [0.1, 0.15) is 11.5 Å². The minimum Gasteiger partial charge on any atom is -0.457 e. The van der Waals surface area contributed by atoms with Crippen molar-refractivity contribution >= 4 is 28.5 Å². The van der Waals surface area contributed by atoms with E-state index < -0.39 is 11.7 Å². The molecule has 198 valence electrons. The van der Waals surface area contributed by atoms with Crippen molar-refractivity contribution in [3.8, 4) is 11.5 Å². The summed E-state index contributed by atoms with van der Waals surface area (Å²) in [5.74, 6) is 1.64. The second-order valence-electron chi connectivity index (χ2n) is 9.20. The van der Waals surface area contributed by atoms with Gasteiger partial charge in [-0.25, -0.2) is 4.98 Å². The van der Waals surface area contributed by atoms with Gasteiger partial charge in [0.05, 0.1) is 41.4 Å². The molecule has 8 nitrogen and oxygen atoms in total. The number of hydrogen-bond donors (Lipinski definition) is 1. The van der Waals surface area contributed by atoms with Gasteiger partial charge in [0.15, 0.2) is 5.78 Å². The van der Waals surface area contributed by atoms with E-state index >= 15 is 0 Å². The standard InChI is InChI=1S/C27H26F3N5O3/c1-34-25-8-7-21(13-24(25)33-26(34)32-18-5-3-17(4-6-18)27(28,29)30)38-22-9-10-31-19(12-22)11-20(36)14-35-15-23(16-35)37-2/h3-10,12-13,23H,11,14-16H2,1-2H3,(H,32,33). The predicted octanol–water partition coefficient (Wildman–Crippen LogP) is 4.97. The van der Waals surface area contributed by atoms with Crippen LogP contribution in [0.2, 0.25) is 0 Å². The number of alkyl halides is 3. The molecule has 0 atom stereocenters. The fraction of sp³-hybridized carbons (Fsp3) is 0.296. The molecule has 1 N–H and O–H groups in total. The molecule has 0 bridgehead atoms. The molecule has 38 heavy (non-hydrogen) atoms. The number of hydrogen-bond acceptors (Lipinski definition) is 7. The highest BCUT2D eigenvalue weighted by molar-refractivity contribution is 5.83. The van der Waals surface area contributed by atoms with Gasteiger partial charge in [0, 0.05) is 51.3 Å².